The third kappa shape index (κ3) is 1.99. The molecule has 1 heterocycles. The summed E-state index contributed by atoms with van der Waals surface area (Å²) in [6, 6.07) is 0. The van der Waals surface area contributed by atoms with E-state index in [4.69, 9.17) is 4.74 Å². The van der Waals surface area contributed by atoms with Crippen LogP contribution in [0.4, 0.5) is 0 Å². The van der Waals surface area contributed by atoms with E-state index in [-0.39, 0.29) is 34.3 Å². The van der Waals surface area contributed by atoms with E-state index in [1.165, 1.54) is 0 Å². The van der Waals surface area contributed by atoms with Crippen molar-refractivity contribution in [2.45, 2.75) is 65.3 Å². The third-order valence-corrected chi connectivity index (χ3v) is 7.01. The number of fused-ring (bicyclic) bond motifs is 3. The van der Waals surface area contributed by atoms with E-state index >= 15 is 0 Å². The summed E-state index contributed by atoms with van der Waals surface area (Å²) in [5.74, 6) is 0.0623. The van der Waals surface area contributed by atoms with Crippen LogP contribution in [-0.2, 0) is 14.3 Å². The van der Waals surface area contributed by atoms with Gasteiger partial charge in [-0.05, 0) is 49.5 Å². The lowest BCUT2D eigenvalue weighted by Crippen LogP contribution is -2.22. The maximum absolute atomic E-state index is 13.0. The molecule has 4 nitrogen and oxygen atoms in total. The summed E-state index contributed by atoms with van der Waals surface area (Å²) in [6.45, 7) is 10.0. The smallest absolute Gasteiger partial charge is 0.187 e. The Morgan fingerprint density at radius 2 is 1.88 bits per heavy atom. The molecule has 0 aromatic rings. The van der Waals surface area contributed by atoms with Gasteiger partial charge in [0, 0.05) is 17.1 Å². The number of carbonyl (C=O) groups is 2. The summed E-state index contributed by atoms with van der Waals surface area (Å²) in [6.07, 6.45) is 2.64. The molecule has 130 valence electrons. The number of rotatable bonds is 0. The first-order valence-corrected chi connectivity index (χ1v) is 8.97. The second-order valence-electron chi connectivity index (χ2n) is 8.91. The predicted molar refractivity (Wildman–Crippen MR) is 89.2 cm³/mol. The minimum atomic E-state index is -1.01. The number of aliphatic hydroxyl groups is 1. The molecular weight excluding hydrogens is 304 g/mol. The van der Waals surface area contributed by atoms with Crippen molar-refractivity contribution in [3.63, 3.8) is 0 Å². The van der Waals surface area contributed by atoms with Gasteiger partial charge < -0.3 is 9.84 Å². The number of ether oxygens (including phenoxy) is 1. The molecule has 4 aliphatic rings. The molecule has 0 bridgehead atoms. The van der Waals surface area contributed by atoms with Gasteiger partial charge >= 0.3 is 0 Å². The second-order valence-corrected chi connectivity index (χ2v) is 8.91. The van der Waals surface area contributed by atoms with Crippen LogP contribution in [-0.4, -0.2) is 34.5 Å². The van der Waals surface area contributed by atoms with Crippen molar-refractivity contribution in [1.82, 2.24) is 0 Å². The molecule has 1 saturated heterocycles. The van der Waals surface area contributed by atoms with Crippen molar-refractivity contribution < 1.29 is 19.4 Å². The molecule has 6 atom stereocenters. The van der Waals surface area contributed by atoms with Gasteiger partial charge in [0.1, 0.15) is 6.10 Å². The van der Waals surface area contributed by atoms with Crippen molar-refractivity contribution in [2.75, 3.05) is 0 Å². The number of hydrogen-bond donors (Lipinski definition) is 1. The van der Waals surface area contributed by atoms with Gasteiger partial charge in [0.25, 0.3) is 0 Å². The van der Waals surface area contributed by atoms with E-state index in [2.05, 4.69) is 19.9 Å². The number of ketones is 2. The van der Waals surface area contributed by atoms with Gasteiger partial charge in [-0.15, -0.1) is 0 Å². The molecule has 0 aromatic heterocycles. The number of allylic oxidation sites excluding steroid dienone is 2. The molecule has 6 unspecified atom stereocenters. The first-order chi connectivity index (χ1) is 11.1. The van der Waals surface area contributed by atoms with Gasteiger partial charge in [-0.1, -0.05) is 26.8 Å². The molecule has 1 aliphatic heterocycles. The lowest BCUT2D eigenvalue weighted by molar-refractivity contribution is -0.119. The highest BCUT2D eigenvalue weighted by Gasteiger charge is 2.63. The van der Waals surface area contributed by atoms with Crippen LogP contribution in [0.3, 0.4) is 0 Å². The van der Waals surface area contributed by atoms with Crippen LogP contribution in [0.1, 0.15) is 47.5 Å². The van der Waals surface area contributed by atoms with Crippen LogP contribution in [0.25, 0.3) is 0 Å². The Morgan fingerprint density at radius 3 is 2.54 bits per heavy atom. The minimum absolute atomic E-state index is 0.128. The van der Waals surface area contributed by atoms with Crippen molar-refractivity contribution >= 4 is 11.6 Å². The Labute approximate surface area is 143 Å². The van der Waals surface area contributed by atoms with Crippen LogP contribution >= 0.6 is 0 Å². The first-order valence-electron chi connectivity index (χ1n) is 8.97. The van der Waals surface area contributed by atoms with Gasteiger partial charge in [-0.25, -0.2) is 0 Å². The SMILES string of the molecule is CC1=CC2C(CCC3(C)OC3C3=C(C1=O)C(O)C(C)C3=O)C2(C)C. The summed E-state index contributed by atoms with van der Waals surface area (Å²) in [7, 11) is 0. The molecule has 2 fully saturated rings. The topological polar surface area (TPSA) is 66.9 Å². The van der Waals surface area contributed by atoms with E-state index in [0.717, 1.165) is 12.8 Å². The Bertz CT molecular complexity index is 713. The standard InChI is InChI=1S/C20H26O4/c1-9-8-12-11(19(12,3)4)6-7-20(5)18(24-20)14-13(15(9)21)16(22)10(2)17(14)23/h8,10-12,16,18,22H,6-7H2,1-5H3. The van der Waals surface area contributed by atoms with Crippen LogP contribution in [0.2, 0.25) is 0 Å². The highest BCUT2D eigenvalue weighted by molar-refractivity contribution is 6.18. The van der Waals surface area contributed by atoms with Crippen molar-refractivity contribution in [3.8, 4) is 0 Å². The largest absolute Gasteiger partial charge is 0.387 e. The maximum Gasteiger partial charge on any atom is 0.187 e. The second kappa shape index (κ2) is 4.67. The summed E-state index contributed by atoms with van der Waals surface area (Å²) >= 11 is 0. The summed E-state index contributed by atoms with van der Waals surface area (Å²) < 4.78 is 5.92. The van der Waals surface area contributed by atoms with E-state index in [1.807, 2.05) is 13.8 Å². The highest BCUT2D eigenvalue weighted by Crippen LogP contribution is 2.63. The van der Waals surface area contributed by atoms with E-state index in [0.29, 0.717) is 23.0 Å². The quantitative estimate of drug-likeness (QED) is 0.693. The van der Waals surface area contributed by atoms with Gasteiger partial charge in [0.15, 0.2) is 11.6 Å². The first kappa shape index (κ1) is 16.2. The molecular formula is C20H26O4. The molecule has 3 aliphatic carbocycles. The Kier molecular flexibility index (Phi) is 3.16. The Balaban J connectivity index is 1.82. The van der Waals surface area contributed by atoms with Crippen molar-refractivity contribution in [3.05, 3.63) is 22.8 Å². The van der Waals surface area contributed by atoms with E-state index < -0.39 is 12.0 Å². The highest BCUT2D eigenvalue weighted by atomic mass is 16.6. The molecule has 0 amide bonds. The third-order valence-electron chi connectivity index (χ3n) is 7.01. The number of hydrogen-bond acceptors (Lipinski definition) is 4. The lowest BCUT2D eigenvalue weighted by Gasteiger charge is -2.12. The summed E-state index contributed by atoms with van der Waals surface area (Å²) in [5, 5.41) is 10.5. The van der Waals surface area contributed by atoms with Crippen LogP contribution in [0.15, 0.2) is 22.8 Å². The molecule has 1 N–H and O–H groups in total. The molecule has 24 heavy (non-hydrogen) atoms. The summed E-state index contributed by atoms with van der Waals surface area (Å²) in [5.41, 5.74) is 1.20. The number of Topliss-reactive ketones (excluding diaryl/α,β-unsaturated/α-hetero) is 2. The zero-order valence-corrected chi connectivity index (χ0v) is 15.1. The number of carbonyl (C=O) groups excluding carboxylic acids is 2. The van der Waals surface area contributed by atoms with Crippen molar-refractivity contribution in [1.29, 1.82) is 0 Å². The zero-order chi connectivity index (χ0) is 17.6. The van der Waals surface area contributed by atoms with E-state index in [9.17, 15) is 14.7 Å². The summed E-state index contributed by atoms with van der Waals surface area (Å²) in [4.78, 5) is 25.6. The Morgan fingerprint density at radius 1 is 1.21 bits per heavy atom. The fourth-order valence-electron chi connectivity index (χ4n) is 4.92. The van der Waals surface area contributed by atoms with Gasteiger partial charge in [0.05, 0.1) is 11.7 Å². The normalized spacial score (nSPS) is 46.6. The van der Waals surface area contributed by atoms with Crippen molar-refractivity contribution in [2.24, 2.45) is 23.2 Å². The fourth-order valence-corrected chi connectivity index (χ4v) is 4.92. The molecule has 4 rings (SSSR count). The average molecular weight is 330 g/mol. The van der Waals surface area contributed by atoms with Crippen LogP contribution < -0.4 is 0 Å². The average Bonchev–Trinajstić information content (AvgIpc) is 3.29. The van der Waals surface area contributed by atoms with Gasteiger partial charge in [-0.2, -0.15) is 0 Å². The Hall–Kier alpha value is -1.26. The molecule has 1 saturated carbocycles. The van der Waals surface area contributed by atoms with Gasteiger partial charge in [0.2, 0.25) is 0 Å². The van der Waals surface area contributed by atoms with Crippen LogP contribution in [0, 0.1) is 23.2 Å². The number of epoxide rings is 1. The van der Waals surface area contributed by atoms with E-state index in [1.54, 1.807) is 6.92 Å². The fraction of sp³-hybridized carbons (Fsp3) is 0.700. The number of aliphatic hydroxyl groups excluding tert-OH is 1. The lowest BCUT2D eigenvalue weighted by atomic mass is 9.90. The molecule has 0 aromatic carbocycles. The minimum Gasteiger partial charge on any atom is -0.387 e. The van der Waals surface area contributed by atoms with Crippen LogP contribution in [0.5, 0.6) is 0 Å². The molecule has 0 radical (unpaired) electrons. The zero-order valence-electron chi connectivity index (χ0n) is 15.1. The maximum atomic E-state index is 13.0. The molecule has 0 spiro atoms. The molecule has 4 heteroatoms. The predicted octanol–water partition coefficient (Wildman–Crippen LogP) is 2.60. The monoisotopic (exact) mass is 330 g/mol. The van der Waals surface area contributed by atoms with Gasteiger partial charge in [-0.3, -0.25) is 9.59 Å².